The first-order valence-electron chi connectivity index (χ1n) is 8.14. The maximum atomic E-state index is 12.3. The Kier molecular flexibility index (Phi) is 5.49. The smallest absolute Gasteiger partial charge is 0.224 e. The number of aliphatic imine (C=N–C) groups is 1. The highest BCUT2D eigenvalue weighted by atomic mass is 35.5. The molecule has 0 spiro atoms. The molecular formula is C19H20ClN3O. The molecule has 4 nitrogen and oxygen atoms in total. The van der Waals surface area contributed by atoms with Crippen LogP contribution in [0.25, 0.3) is 0 Å². The van der Waals surface area contributed by atoms with Crippen LogP contribution in [-0.2, 0) is 11.2 Å². The first-order valence-corrected chi connectivity index (χ1v) is 8.52. The van der Waals surface area contributed by atoms with Crippen molar-refractivity contribution < 1.29 is 4.79 Å². The van der Waals surface area contributed by atoms with Gasteiger partial charge in [-0.1, -0.05) is 35.9 Å². The molecule has 1 aliphatic heterocycles. The summed E-state index contributed by atoms with van der Waals surface area (Å²) in [6.45, 7) is 1.73. The van der Waals surface area contributed by atoms with Gasteiger partial charge in [0.2, 0.25) is 5.91 Å². The van der Waals surface area contributed by atoms with Gasteiger partial charge in [-0.05, 0) is 42.7 Å². The van der Waals surface area contributed by atoms with Gasteiger partial charge < -0.3 is 10.6 Å². The van der Waals surface area contributed by atoms with E-state index >= 15 is 0 Å². The lowest BCUT2D eigenvalue weighted by atomic mass is 10.1. The number of para-hydroxylation sites is 1. The summed E-state index contributed by atoms with van der Waals surface area (Å²) in [5.74, 6) is 0.851. The molecule has 5 heteroatoms. The number of halogens is 1. The summed E-state index contributed by atoms with van der Waals surface area (Å²) in [7, 11) is 0. The summed E-state index contributed by atoms with van der Waals surface area (Å²) in [5.41, 5.74) is 2.84. The number of amides is 1. The summed E-state index contributed by atoms with van der Waals surface area (Å²) < 4.78 is 0. The summed E-state index contributed by atoms with van der Waals surface area (Å²) in [6, 6.07) is 15.3. The molecular weight excluding hydrogens is 322 g/mol. The zero-order chi connectivity index (χ0) is 16.8. The lowest BCUT2D eigenvalue weighted by Crippen LogP contribution is -2.31. The van der Waals surface area contributed by atoms with Crippen molar-refractivity contribution >= 4 is 29.0 Å². The minimum Gasteiger partial charge on any atom is -0.370 e. The maximum Gasteiger partial charge on any atom is 0.224 e. The van der Waals surface area contributed by atoms with E-state index in [-0.39, 0.29) is 5.91 Å². The van der Waals surface area contributed by atoms with Crippen molar-refractivity contribution in [3.05, 3.63) is 64.7 Å². The Bertz CT molecular complexity index is 741. The number of anilines is 1. The van der Waals surface area contributed by atoms with Crippen LogP contribution < -0.4 is 10.6 Å². The molecule has 2 aromatic carbocycles. The van der Waals surface area contributed by atoms with Gasteiger partial charge in [-0.25, -0.2) is 0 Å². The van der Waals surface area contributed by atoms with Gasteiger partial charge in [0.15, 0.2) is 0 Å². The Labute approximate surface area is 146 Å². The average molecular weight is 342 g/mol. The number of rotatable bonds is 5. The van der Waals surface area contributed by atoms with Crippen LogP contribution in [0.15, 0.2) is 53.5 Å². The summed E-state index contributed by atoms with van der Waals surface area (Å²) in [6.07, 6.45) is 2.15. The fourth-order valence-electron chi connectivity index (χ4n) is 2.63. The van der Waals surface area contributed by atoms with E-state index in [1.165, 1.54) is 0 Å². The first kappa shape index (κ1) is 16.5. The van der Waals surface area contributed by atoms with Crippen molar-refractivity contribution in [1.29, 1.82) is 0 Å². The lowest BCUT2D eigenvalue weighted by Gasteiger charge is -2.17. The molecule has 3 rings (SSSR count). The number of hydrogen-bond acceptors (Lipinski definition) is 3. The molecule has 0 saturated heterocycles. The van der Waals surface area contributed by atoms with E-state index in [0.29, 0.717) is 17.9 Å². The van der Waals surface area contributed by atoms with Crippen LogP contribution in [-0.4, -0.2) is 24.8 Å². The molecule has 24 heavy (non-hydrogen) atoms. The monoisotopic (exact) mass is 341 g/mol. The van der Waals surface area contributed by atoms with Crippen LogP contribution in [0.2, 0.25) is 5.02 Å². The van der Waals surface area contributed by atoms with Crippen LogP contribution in [0.5, 0.6) is 0 Å². The van der Waals surface area contributed by atoms with Crippen molar-refractivity contribution in [1.82, 2.24) is 5.32 Å². The minimum atomic E-state index is -0.00573. The number of carbonyl (C=O) groups excluding carboxylic acids is 1. The van der Waals surface area contributed by atoms with Crippen LogP contribution in [0.4, 0.5) is 5.69 Å². The normalized spacial score (nSPS) is 13.8. The second-order valence-electron chi connectivity index (χ2n) is 5.73. The predicted molar refractivity (Wildman–Crippen MR) is 98.9 cm³/mol. The Morgan fingerprint density at radius 3 is 2.71 bits per heavy atom. The quantitative estimate of drug-likeness (QED) is 0.872. The molecule has 0 saturated carbocycles. The zero-order valence-corrected chi connectivity index (χ0v) is 14.1. The van der Waals surface area contributed by atoms with Gasteiger partial charge in [-0.3, -0.25) is 9.79 Å². The summed E-state index contributed by atoms with van der Waals surface area (Å²) >= 11 is 5.88. The van der Waals surface area contributed by atoms with E-state index in [1.54, 1.807) is 0 Å². The molecule has 2 aromatic rings. The van der Waals surface area contributed by atoms with Gasteiger partial charge >= 0.3 is 0 Å². The Morgan fingerprint density at radius 2 is 1.96 bits per heavy atom. The van der Waals surface area contributed by atoms with Crippen molar-refractivity contribution in [3.63, 3.8) is 0 Å². The predicted octanol–water partition coefficient (Wildman–Crippen LogP) is 3.65. The molecule has 0 atom stereocenters. The first-order chi connectivity index (χ1) is 11.7. The molecule has 0 radical (unpaired) electrons. The van der Waals surface area contributed by atoms with E-state index in [1.807, 2.05) is 48.5 Å². The maximum absolute atomic E-state index is 12.3. The van der Waals surface area contributed by atoms with Crippen LogP contribution >= 0.6 is 11.6 Å². The Hall–Kier alpha value is -2.33. The molecule has 0 aliphatic carbocycles. The van der Waals surface area contributed by atoms with Gasteiger partial charge in [-0.15, -0.1) is 0 Å². The van der Waals surface area contributed by atoms with Gasteiger partial charge in [0.05, 0.1) is 5.69 Å². The second kappa shape index (κ2) is 7.97. The number of aryl methyl sites for hydroxylation is 1. The van der Waals surface area contributed by atoms with Crippen molar-refractivity contribution in [2.75, 3.05) is 18.4 Å². The highest BCUT2D eigenvalue weighted by Crippen LogP contribution is 2.17. The molecule has 0 fully saturated rings. The SMILES string of the molecule is O=C(CCc1ccc(Cl)cc1)Nc1ccccc1C1=NCCCN1. The zero-order valence-electron chi connectivity index (χ0n) is 13.4. The van der Waals surface area contributed by atoms with E-state index < -0.39 is 0 Å². The average Bonchev–Trinajstić information content (AvgIpc) is 2.62. The van der Waals surface area contributed by atoms with Gasteiger partial charge in [0.1, 0.15) is 5.84 Å². The van der Waals surface area contributed by atoms with Gasteiger partial charge in [0, 0.05) is 30.1 Å². The van der Waals surface area contributed by atoms with E-state index in [0.717, 1.165) is 42.2 Å². The largest absolute Gasteiger partial charge is 0.370 e. The van der Waals surface area contributed by atoms with Crippen LogP contribution in [0, 0.1) is 0 Å². The van der Waals surface area contributed by atoms with Crippen molar-refractivity contribution in [2.45, 2.75) is 19.3 Å². The molecule has 0 bridgehead atoms. The van der Waals surface area contributed by atoms with E-state index in [4.69, 9.17) is 11.6 Å². The number of benzene rings is 2. The number of nitrogens with one attached hydrogen (secondary N) is 2. The fourth-order valence-corrected chi connectivity index (χ4v) is 2.76. The lowest BCUT2D eigenvalue weighted by molar-refractivity contribution is -0.116. The van der Waals surface area contributed by atoms with E-state index in [2.05, 4.69) is 15.6 Å². The van der Waals surface area contributed by atoms with Gasteiger partial charge in [-0.2, -0.15) is 0 Å². The highest BCUT2D eigenvalue weighted by molar-refractivity contribution is 6.30. The molecule has 2 N–H and O–H groups in total. The molecule has 0 unspecified atom stereocenters. The summed E-state index contributed by atoms with van der Waals surface area (Å²) in [5, 5.41) is 7.01. The molecule has 1 amide bonds. The molecule has 1 aliphatic rings. The third-order valence-corrected chi connectivity index (χ3v) is 4.16. The van der Waals surface area contributed by atoms with Crippen molar-refractivity contribution in [3.8, 4) is 0 Å². The van der Waals surface area contributed by atoms with E-state index in [9.17, 15) is 4.79 Å². The van der Waals surface area contributed by atoms with Crippen LogP contribution in [0.1, 0.15) is 24.0 Å². The Balaban J connectivity index is 1.64. The standard InChI is InChI=1S/C19H20ClN3O/c20-15-9-6-14(7-10-15)8-11-18(24)23-17-5-2-1-4-16(17)19-21-12-3-13-22-19/h1-2,4-7,9-10H,3,8,11-13H2,(H,21,22)(H,23,24). The molecule has 0 aromatic heterocycles. The topological polar surface area (TPSA) is 53.5 Å². The minimum absolute atomic E-state index is 0.00573. The van der Waals surface area contributed by atoms with Crippen LogP contribution in [0.3, 0.4) is 0 Å². The number of nitrogens with zero attached hydrogens (tertiary/aromatic N) is 1. The third kappa shape index (κ3) is 4.36. The van der Waals surface area contributed by atoms with Gasteiger partial charge in [0.25, 0.3) is 0 Å². The van der Waals surface area contributed by atoms with Crippen molar-refractivity contribution in [2.24, 2.45) is 4.99 Å². The second-order valence-corrected chi connectivity index (χ2v) is 6.17. The number of amidine groups is 1. The highest BCUT2D eigenvalue weighted by Gasteiger charge is 2.13. The number of carbonyl (C=O) groups is 1. The third-order valence-electron chi connectivity index (χ3n) is 3.91. The molecule has 124 valence electrons. The number of hydrogen-bond donors (Lipinski definition) is 2. The summed E-state index contributed by atoms with van der Waals surface area (Å²) in [4.78, 5) is 16.8. The molecule has 1 heterocycles. The Morgan fingerprint density at radius 1 is 1.17 bits per heavy atom. The fraction of sp³-hybridized carbons (Fsp3) is 0.263.